The Balaban J connectivity index is 2.07. The number of carbonyl (C=O) groups is 1. The van der Waals surface area contributed by atoms with E-state index in [4.69, 9.17) is 16.3 Å². The van der Waals surface area contributed by atoms with Crippen LogP contribution in [0.2, 0.25) is 5.02 Å². The molecule has 0 aromatic heterocycles. The topological polar surface area (TPSA) is 72.5 Å². The van der Waals surface area contributed by atoms with Crippen molar-refractivity contribution < 1.29 is 17.9 Å². The zero-order chi connectivity index (χ0) is 19.9. The highest BCUT2D eigenvalue weighted by Gasteiger charge is 2.13. The number of benzene rings is 2. The molecule has 0 radical (unpaired) electrons. The Bertz CT molecular complexity index is 946. The number of allylic oxidation sites excluding steroid dienone is 2. The first-order chi connectivity index (χ1) is 12.8. The van der Waals surface area contributed by atoms with E-state index in [2.05, 4.69) is 4.72 Å². The van der Waals surface area contributed by atoms with E-state index in [-0.39, 0.29) is 4.90 Å². The van der Waals surface area contributed by atoms with Gasteiger partial charge in [-0.2, -0.15) is 0 Å². The molecular weight excluding hydrogens is 386 g/mol. The lowest BCUT2D eigenvalue weighted by Crippen LogP contribution is -2.12. The standard InChI is InChI=1S/C20H20ClNO4S/c1-3-26-20(23)13-4-15(2)14-16-5-9-18(10-6-16)22-27(24,25)19-11-7-17(21)8-12-19/h4-14,22H,3H2,1-2H3. The summed E-state index contributed by atoms with van der Waals surface area (Å²) in [6.07, 6.45) is 4.90. The van der Waals surface area contributed by atoms with Crippen LogP contribution < -0.4 is 4.72 Å². The molecule has 0 amide bonds. The predicted octanol–water partition coefficient (Wildman–Crippen LogP) is 4.66. The van der Waals surface area contributed by atoms with Gasteiger partial charge in [0.25, 0.3) is 10.0 Å². The second-order valence-corrected chi connectivity index (χ2v) is 7.77. The highest BCUT2D eigenvalue weighted by Crippen LogP contribution is 2.19. The van der Waals surface area contributed by atoms with Crippen LogP contribution in [0, 0.1) is 0 Å². The van der Waals surface area contributed by atoms with Crippen molar-refractivity contribution in [1.29, 1.82) is 0 Å². The van der Waals surface area contributed by atoms with Gasteiger partial charge in [0, 0.05) is 16.8 Å². The minimum absolute atomic E-state index is 0.135. The second-order valence-electron chi connectivity index (χ2n) is 5.66. The lowest BCUT2D eigenvalue weighted by Gasteiger charge is -2.08. The van der Waals surface area contributed by atoms with Gasteiger partial charge in [-0.05, 0) is 55.8 Å². The highest BCUT2D eigenvalue weighted by molar-refractivity contribution is 7.92. The summed E-state index contributed by atoms with van der Waals surface area (Å²) in [6.45, 7) is 3.93. The van der Waals surface area contributed by atoms with Crippen molar-refractivity contribution in [2.75, 3.05) is 11.3 Å². The fraction of sp³-hybridized carbons (Fsp3) is 0.150. The Kier molecular flexibility index (Phi) is 7.21. The number of rotatable bonds is 7. The SMILES string of the molecule is CCOC(=O)C=CC(C)=Cc1ccc(NS(=O)(=O)c2ccc(Cl)cc2)cc1. The summed E-state index contributed by atoms with van der Waals surface area (Å²) in [5, 5.41) is 0.470. The molecule has 2 aromatic rings. The third-order valence-corrected chi connectivity index (χ3v) is 5.10. The lowest BCUT2D eigenvalue weighted by atomic mass is 10.1. The van der Waals surface area contributed by atoms with E-state index < -0.39 is 16.0 Å². The minimum Gasteiger partial charge on any atom is -0.463 e. The van der Waals surface area contributed by atoms with Crippen LogP contribution in [0.3, 0.4) is 0 Å². The van der Waals surface area contributed by atoms with Crippen molar-refractivity contribution in [3.63, 3.8) is 0 Å². The molecule has 27 heavy (non-hydrogen) atoms. The Hall–Kier alpha value is -2.57. The third-order valence-electron chi connectivity index (χ3n) is 3.45. The summed E-state index contributed by atoms with van der Waals surface area (Å²) < 4.78 is 32.1. The van der Waals surface area contributed by atoms with Gasteiger partial charge in [0.1, 0.15) is 0 Å². The number of nitrogens with one attached hydrogen (secondary N) is 1. The molecule has 0 saturated heterocycles. The first-order valence-electron chi connectivity index (χ1n) is 8.22. The number of hydrogen-bond donors (Lipinski definition) is 1. The van der Waals surface area contributed by atoms with Crippen molar-refractivity contribution in [3.8, 4) is 0 Å². The molecule has 7 heteroatoms. The first kappa shape index (κ1) is 20.7. The molecule has 1 N–H and O–H groups in total. The Labute approximate surface area is 164 Å². The molecule has 0 spiro atoms. The molecule has 0 aliphatic heterocycles. The molecule has 0 aliphatic carbocycles. The Morgan fingerprint density at radius 2 is 1.70 bits per heavy atom. The van der Waals surface area contributed by atoms with Crippen LogP contribution in [0.1, 0.15) is 19.4 Å². The predicted molar refractivity (Wildman–Crippen MR) is 108 cm³/mol. The molecule has 2 aromatic carbocycles. The van der Waals surface area contributed by atoms with Crippen molar-refractivity contribution in [2.24, 2.45) is 0 Å². The minimum atomic E-state index is -3.68. The molecule has 142 valence electrons. The fourth-order valence-electron chi connectivity index (χ4n) is 2.18. The summed E-state index contributed by atoms with van der Waals surface area (Å²) in [4.78, 5) is 11.4. The average molecular weight is 406 g/mol. The Morgan fingerprint density at radius 1 is 1.07 bits per heavy atom. The summed E-state index contributed by atoms with van der Waals surface area (Å²) >= 11 is 5.79. The number of anilines is 1. The number of ether oxygens (including phenoxy) is 1. The number of esters is 1. The van der Waals surface area contributed by atoms with Gasteiger partial charge in [-0.15, -0.1) is 0 Å². The normalized spacial score (nSPS) is 12.2. The van der Waals surface area contributed by atoms with Gasteiger partial charge in [-0.1, -0.05) is 41.5 Å². The molecule has 2 rings (SSSR count). The first-order valence-corrected chi connectivity index (χ1v) is 10.1. The van der Waals surface area contributed by atoms with E-state index in [9.17, 15) is 13.2 Å². The molecule has 0 atom stereocenters. The van der Waals surface area contributed by atoms with Gasteiger partial charge in [0.2, 0.25) is 0 Å². The van der Waals surface area contributed by atoms with Crippen LogP contribution in [0.5, 0.6) is 0 Å². The van der Waals surface area contributed by atoms with E-state index in [1.54, 1.807) is 37.3 Å². The van der Waals surface area contributed by atoms with Gasteiger partial charge >= 0.3 is 5.97 Å². The molecule has 5 nitrogen and oxygen atoms in total. The number of carbonyl (C=O) groups excluding carboxylic acids is 1. The van der Waals surface area contributed by atoms with Crippen molar-refractivity contribution in [1.82, 2.24) is 0 Å². The fourth-order valence-corrected chi connectivity index (χ4v) is 3.36. The largest absolute Gasteiger partial charge is 0.463 e. The van der Waals surface area contributed by atoms with Gasteiger partial charge in [-0.25, -0.2) is 13.2 Å². The number of hydrogen-bond acceptors (Lipinski definition) is 4. The van der Waals surface area contributed by atoms with E-state index in [1.165, 1.54) is 30.3 Å². The van der Waals surface area contributed by atoms with Gasteiger partial charge in [0.05, 0.1) is 11.5 Å². The van der Waals surface area contributed by atoms with Crippen LogP contribution in [0.15, 0.2) is 71.2 Å². The molecule has 0 unspecified atom stereocenters. The summed E-state index contributed by atoms with van der Waals surface area (Å²) in [7, 11) is -3.68. The zero-order valence-electron chi connectivity index (χ0n) is 15.0. The maximum atomic E-state index is 12.4. The second kappa shape index (κ2) is 9.39. The summed E-state index contributed by atoms with van der Waals surface area (Å²) in [6, 6.07) is 12.8. The van der Waals surface area contributed by atoms with Gasteiger partial charge in [0.15, 0.2) is 0 Å². The molecule has 0 bridgehead atoms. The van der Waals surface area contributed by atoms with E-state index in [0.29, 0.717) is 17.3 Å². The van der Waals surface area contributed by atoms with Crippen LogP contribution in [-0.2, 0) is 19.6 Å². The summed E-state index contributed by atoms with van der Waals surface area (Å²) in [5.41, 5.74) is 2.18. The van der Waals surface area contributed by atoms with Crippen LogP contribution >= 0.6 is 11.6 Å². The van der Waals surface area contributed by atoms with Gasteiger partial charge < -0.3 is 4.74 Å². The quantitative estimate of drug-likeness (QED) is 0.413. The molecule has 0 heterocycles. The van der Waals surface area contributed by atoms with Gasteiger partial charge in [-0.3, -0.25) is 4.72 Å². The monoisotopic (exact) mass is 405 g/mol. The highest BCUT2D eigenvalue weighted by atomic mass is 35.5. The van der Waals surface area contributed by atoms with Crippen molar-refractivity contribution in [2.45, 2.75) is 18.7 Å². The number of sulfonamides is 1. The third kappa shape index (κ3) is 6.58. The van der Waals surface area contributed by atoms with Crippen LogP contribution in [0.25, 0.3) is 6.08 Å². The van der Waals surface area contributed by atoms with Crippen molar-refractivity contribution in [3.05, 3.63) is 76.8 Å². The van der Waals surface area contributed by atoms with E-state index in [0.717, 1.165) is 11.1 Å². The summed E-state index contributed by atoms with van der Waals surface area (Å²) in [5.74, 6) is -0.391. The molecular formula is C20H20ClNO4S. The Morgan fingerprint density at radius 3 is 2.30 bits per heavy atom. The lowest BCUT2D eigenvalue weighted by molar-refractivity contribution is -0.137. The average Bonchev–Trinajstić information content (AvgIpc) is 2.62. The zero-order valence-corrected chi connectivity index (χ0v) is 16.5. The van der Waals surface area contributed by atoms with E-state index in [1.807, 2.05) is 13.0 Å². The van der Waals surface area contributed by atoms with Crippen molar-refractivity contribution >= 4 is 39.4 Å². The van der Waals surface area contributed by atoms with Crippen LogP contribution in [-0.4, -0.2) is 21.0 Å². The maximum Gasteiger partial charge on any atom is 0.330 e. The molecule has 0 aliphatic rings. The maximum absolute atomic E-state index is 12.4. The molecule has 0 saturated carbocycles. The molecule has 0 fully saturated rings. The number of halogens is 1. The smallest absolute Gasteiger partial charge is 0.330 e. The van der Waals surface area contributed by atoms with E-state index >= 15 is 0 Å². The van der Waals surface area contributed by atoms with Crippen LogP contribution in [0.4, 0.5) is 5.69 Å².